The molecule has 1 saturated heterocycles. The lowest BCUT2D eigenvalue weighted by molar-refractivity contribution is -0.120. The van der Waals surface area contributed by atoms with Crippen molar-refractivity contribution < 1.29 is 14.0 Å². The molecule has 19 heavy (non-hydrogen) atoms. The molecule has 0 aliphatic carbocycles. The molecule has 2 aromatic heterocycles. The molecule has 3 rings (SSSR count). The van der Waals surface area contributed by atoms with Gasteiger partial charge in [0.05, 0.1) is 5.52 Å². The molecule has 98 valence electrons. The van der Waals surface area contributed by atoms with E-state index in [-0.39, 0.29) is 30.3 Å². The second-order valence-electron chi connectivity index (χ2n) is 4.16. The summed E-state index contributed by atoms with van der Waals surface area (Å²) in [6.07, 6.45) is 1.66. The third-order valence-corrected chi connectivity index (χ3v) is 3.00. The zero-order valence-corrected chi connectivity index (χ0v) is 10.0. The first-order chi connectivity index (χ1) is 9.08. The third-order valence-electron chi connectivity index (χ3n) is 3.00. The number of amides is 3. The smallest absolute Gasteiger partial charge is 0.404 e. The van der Waals surface area contributed by atoms with Crippen LogP contribution in [0.25, 0.3) is 11.1 Å². The molecule has 2 aromatic rings. The molecule has 8 nitrogen and oxygen atoms in total. The number of urea groups is 1. The van der Waals surface area contributed by atoms with Gasteiger partial charge in [-0.15, -0.1) is 0 Å². The van der Waals surface area contributed by atoms with E-state index in [1.807, 2.05) is 0 Å². The van der Waals surface area contributed by atoms with Gasteiger partial charge < -0.3 is 4.42 Å². The molecule has 0 unspecified atom stereocenters. The lowest BCUT2D eigenvalue weighted by Crippen LogP contribution is -2.49. The molecule has 0 aromatic carbocycles. The zero-order valence-electron chi connectivity index (χ0n) is 10.0. The van der Waals surface area contributed by atoms with Gasteiger partial charge in [-0.2, -0.15) is 0 Å². The Hall–Kier alpha value is -2.64. The van der Waals surface area contributed by atoms with Crippen LogP contribution in [0.5, 0.6) is 0 Å². The van der Waals surface area contributed by atoms with Gasteiger partial charge in [-0.3, -0.25) is 19.6 Å². The predicted molar refractivity (Wildman–Crippen MR) is 64.8 cm³/mol. The summed E-state index contributed by atoms with van der Waals surface area (Å²) in [7, 11) is 1.57. The number of oxazole rings is 1. The van der Waals surface area contributed by atoms with Crippen molar-refractivity contribution in [1.29, 1.82) is 0 Å². The van der Waals surface area contributed by atoms with Gasteiger partial charge in [-0.1, -0.05) is 0 Å². The number of fused-ring (bicyclic) bond motifs is 1. The molecular formula is C11H10N4O4. The van der Waals surface area contributed by atoms with Crippen molar-refractivity contribution in [2.24, 2.45) is 7.05 Å². The van der Waals surface area contributed by atoms with Gasteiger partial charge in [0.1, 0.15) is 0 Å². The third kappa shape index (κ3) is 1.68. The first-order valence-corrected chi connectivity index (χ1v) is 5.64. The van der Waals surface area contributed by atoms with Crippen LogP contribution < -0.4 is 16.0 Å². The number of carbonyl (C=O) groups excluding carboxylic acids is 2. The van der Waals surface area contributed by atoms with E-state index >= 15 is 0 Å². The quantitative estimate of drug-likeness (QED) is 0.778. The summed E-state index contributed by atoms with van der Waals surface area (Å²) < 4.78 is 6.42. The van der Waals surface area contributed by atoms with Gasteiger partial charge in [0.25, 0.3) is 0 Å². The number of aryl methyl sites for hydroxylation is 1. The highest BCUT2D eigenvalue weighted by Crippen LogP contribution is 2.24. The second-order valence-corrected chi connectivity index (χ2v) is 4.16. The van der Waals surface area contributed by atoms with Crippen molar-refractivity contribution in [3.05, 3.63) is 22.8 Å². The van der Waals surface area contributed by atoms with E-state index in [0.29, 0.717) is 5.52 Å². The molecule has 1 fully saturated rings. The van der Waals surface area contributed by atoms with Crippen molar-refractivity contribution in [2.45, 2.75) is 6.42 Å². The Morgan fingerprint density at radius 3 is 2.89 bits per heavy atom. The number of nitrogens with zero attached hydrogens (tertiary/aromatic N) is 3. The first-order valence-electron chi connectivity index (χ1n) is 5.64. The van der Waals surface area contributed by atoms with E-state index in [4.69, 9.17) is 4.42 Å². The van der Waals surface area contributed by atoms with Gasteiger partial charge >= 0.3 is 11.8 Å². The van der Waals surface area contributed by atoms with E-state index in [0.717, 1.165) is 0 Å². The summed E-state index contributed by atoms with van der Waals surface area (Å²) in [5, 5.41) is 2.20. The van der Waals surface area contributed by atoms with Crippen molar-refractivity contribution in [1.82, 2.24) is 14.9 Å². The SMILES string of the molecule is Cn1c(=O)oc2c(N3CCC(=O)NC3=O)nccc21. The fraction of sp³-hybridized carbons (Fsp3) is 0.273. The van der Waals surface area contributed by atoms with Crippen molar-refractivity contribution >= 4 is 28.9 Å². The molecule has 0 bridgehead atoms. The van der Waals surface area contributed by atoms with E-state index in [9.17, 15) is 14.4 Å². The number of nitrogens with one attached hydrogen (secondary N) is 1. The largest absolute Gasteiger partial charge is 0.419 e. The summed E-state index contributed by atoms with van der Waals surface area (Å²) in [4.78, 5) is 39.7. The Labute approximate surface area is 106 Å². The minimum atomic E-state index is -0.567. The Balaban J connectivity index is 2.15. The highest BCUT2D eigenvalue weighted by molar-refractivity contribution is 6.07. The minimum Gasteiger partial charge on any atom is -0.404 e. The molecule has 1 aliphatic heterocycles. The number of carbonyl (C=O) groups is 2. The van der Waals surface area contributed by atoms with Gasteiger partial charge in [-0.25, -0.2) is 14.6 Å². The van der Waals surface area contributed by atoms with E-state index in [2.05, 4.69) is 10.3 Å². The Morgan fingerprint density at radius 2 is 2.16 bits per heavy atom. The summed E-state index contributed by atoms with van der Waals surface area (Å²) in [6, 6.07) is 1.05. The molecule has 0 spiro atoms. The summed E-state index contributed by atoms with van der Waals surface area (Å²) in [6.45, 7) is 0.204. The lowest BCUT2D eigenvalue weighted by atomic mass is 10.3. The Morgan fingerprint density at radius 1 is 1.37 bits per heavy atom. The molecule has 3 amide bonds. The Bertz CT molecular complexity index is 745. The maximum Gasteiger partial charge on any atom is 0.419 e. The fourth-order valence-electron chi connectivity index (χ4n) is 2.00. The van der Waals surface area contributed by atoms with Crippen molar-refractivity contribution in [3.8, 4) is 0 Å². The van der Waals surface area contributed by atoms with Crippen LogP contribution in [0.2, 0.25) is 0 Å². The van der Waals surface area contributed by atoms with Crippen LogP contribution >= 0.6 is 0 Å². The van der Waals surface area contributed by atoms with Crippen LogP contribution in [0.1, 0.15) is 6.42 Å². The first kappa shape index (κ1) is 11.5. The normalized spacial score (nSPS) is 15.9. The molecule has 1 aliphatic rings. The molecule has 3 heterocycles. The van der Waals surface area contributed by atoms with E-state index < -0.39 is 11.8 Å². The lowest BCUT2D eigenvalue weighted by Gasteiger charge is -2.25. The van der Waals surface area contributed by atoms with Gasteiger partial charge in [0.2, 0.25) is 5.91 Å². The molecule has 1 N–H and O–H groups in total. The van der Waals surface area contributed by atoms with Crippen LogP contribution in [-0.4, -0.2) is 28.0 Å². The van der Waals surface area contributed by atoms with Crippen LogP contribution in [0, 0.1) is 0 Å². The van der Waals surface area contributed by atoms with Crippen molar-refractivity contribution in [3.63, 3.8) is 0 Å². The molecule has 0 atom stereocenters. The van der Waals surface area contributed by atoms with Crippen LogP contribution in [0.15, 0.2) is 21.5 Å². The highest BCUT2D eigenvalue weighted by atomic mass is 16.4. The highest BCUT2D eigenvalue weighted by Gasteiger charge is 2.28. The number of pyridine rings is 1. The van der Waals surface area contributed by atoms with Crippen molar-refractivity contribution in [2.75, 3.05) is 11.4 Å². The monoisotopic (exact) mass is 262 g/mol. The fourth-order valence-corrected chi connectivity index (χ4v) is 2.00. The average Bonchev–Trinajstić information content (AvgIpc) is 2.66. The number of imide groups is 1. The topological polar surface area (TPSA) is 97.4 Å². The average molecular weight is 262 g/mol. The maximum absolute atomic E-state index is 11.8. The molecule has 8 heteroatoms. The number of aromatic nitrogens is 2. The minimum absolute atomic E-state index is 0.181. The maximum atomic E-state index is 11.8. The summed E-state index contributed by atoms with van der Waals surface area (Å²) in [5.74, 6) is -0.624. The summed E-state index contributed by atoms with van der Waals surface area (Å²) >= 11 is 0. The van der Waals surface area contributed by atoms with Gasteiger partial charge in [0.15, 0.2) is 11.4 Å². The van der Waals surface area contributed by atoms with Crippen LogP contribution in [0.3, 0.4) is 0 Å². The van der Waals surface area contributed by atoms with E-state index in [1.165, 1.54) is 15.7 Å². The van der Waals surface area contributed by atoms with Gasteiger partial charge in [-0.05, 0) is 6.07 Å². The van der Waals surface area contributed by atoms with Crippen LogP contribution in [0.4, 0.5) is 10.6 Å². The van der Waals surface area contributed by atoms with Crippen LogP contribution in [-0.2, 0) is 11.8 Å². The number of anilines is 1. The Kier molecular flexibility index (Phi) is 2.37. The summed E-state index contributed by atoms with van der Waals surface area (Å²) in [5.41, 5.74) is 0.777. The predicted octanol–water partition coefficient (Wildman–Crippen LogP) is -0.0272. The number of rotatable bonds is 1. The standard InChI is InChI=1S/C11H10N4O4/c1-14-6-2-4-12-9(8(6)19-11(14)18)15-5-3-7(16)13-10(15)17/h2,4H,3,5H2,1H3,(H,13,16,17). The van der Waals surface area contributed by atoms with Gasteiger partial charge in [0, 0.05) is 26.2 Å². The second kappa shape index (κ2) is 3.94. The number of hydrogen-bond acceptors (Lipinski definition) is 5. The molecular weight excluding hydrogens is 252 g/mol. The van der Waals surface area contributed by atoms with E-state index in [1.54, 1.807) is 13.1 Å². The molecule has 0 saturated carbocycles. The number of hydrogen-bond donors (Lipinski definition) is 1. The molecule has 0 radical (unpaired) electrons. The zero-order chi connectivity index (χ0) is 13.6.